The van der Waals surface area contributed by atoms with E-state index < -0.39 is 11.7 Å². The van der Waals surface area contributed by atoms with Crippen molar-refractivity contribution >= 4 is 51.5 Å². The van der Waals surface area contributed by atoms with Crippen LogP contribution in [0.4, 0.5) is 21.6 Å². The monoisotopic (exact) mass is 470 g/mol. The summed E-state index contributed by atoms with van der Waals surface area (Å²) in [6, 6.07) is 9.38. The molecule has 1 aromatic heterocycles. The van der Waals surface area contributed by atoms with Crippen molar-refractivity contribution < 1.29 is 14.0 Å². The number of fused-ring (bicyclic) bond motifs is 1. The zero-order valence-electron chi connectivity index (χ0n) is 18.2. The maximum Gasteiger partial charge on any atom is 0.248 e. The molecule has 2 aromatic carbocycles. The van der Waals surface area contributed by atoms with Gasteiger partial charge in [0.1, 0.15) is 18.0 Å². The number of carbonyl (C=O) groups excluding carboxylic acids is 2. The molecule has 0 radical (unpaired) electrons. The van der Waals surface area contributed by atoms with Crippen LogP contribution in [-0.2, 0) is 9.59 Å². The molecular formula is C23H24ClFN6O2. The molecule has 3 aromatic rings. The Bertz CT molecular complexity index is 1180. The Morgan fingerprint density at radius 3 is 2.58 bits per heavy atom. The Morgan fingerprint density at radius 2 is 1.82 bits per heavy atom. The lowest BCUT2D eigenvalue weighted by molar-refractivity contribution is -0.117. The lowest BCUT2D eigenvalue weighted by Crippen LogP contribution is -2.25. The van der Waals surface area contributed by atoms with Crippen LogP contribution in [0.5, 0.6) is 0 Å². The van der Waals surface area contributed by atoms with Crippen molar-refractivity contribution in [3.05, 3.63) is 65.7 Å². The van der Waals surface area contributed by atoms with E-state index in [4.69, 9.17) is 11.6 Å². The molecule has 0 atom stereocenters. The van der Waals surface area contributed by atoms with Crippen LogP contribution in [0.3, 0.4) is 0 Å². The van der Waals surface area contributed by atoms with Gasteiger partial charge in [-0.1, -0.05) is 11.6 Å². The van der Waals surface area contributed by atoms with E-state index in [9.17, 15) is 14.0 Å². The summed E-state index contributed by atoms with van der Waals surface area (Å²) < 4.78 is 13.4. The van der Waals surface area contributed by atoms with Crippen molar-refractivity contribution in [1.29, 1.82) is 0 Å². The Morgan fingerprint density at radius 1 is 1.06 bits per heavy atom. The summed E-state index contributed by atoms with van der Waals surface area (Å²) in [5.41, 5.74) is 1.69. The first-order chi connectivity index (χ1) is 15.8. The molecule has 10 heteroatoms. The van der Waals surface area contributed by atoms with Gasteiger partial charge in [-0.05, 0) is 63.5 Å². The summed E-state index contributed by atoms with van der Waals surface area (Å²) in [5, 5.41) is 9.15. The molecule has 0 fully saturated rings. The van der Waals surface area contributed by atoms with E-state index in [1.54, 1.807) is 18.2 Å². The Hall–Kier alpha value is -3.56. The van der Waals surface area contributed by atoms with Crippen LogP contribution in [0.1, 0.15) is 6.42 Å². The highest BCUT2D eigenvalue weighted by Crippen LogP contribution is 2.27. The van der Waals surface area contributed by atoms with Gasteiger partial charge in [0.2, 0.25) is 11.8 Å². The number of amides is 2. The number of hydrogen-bond acceptors (Lipinski definition) is 6. The standard InChI is InChI=1S/C23H24ClFN6O2/c1-31(2)11-3-10-26-21(32)8-9-22(33)29-15-5-7-20-17(12-15)23(28-14-27-20)30-16-4-6-19(25)18(24)13-16/h4-9,12-14H,3,10-11H2,1-2H3,(H,26,32)(H,29,33)(H,27,28,30). The van der Waals surface area contributed by atoms with E-state index >= 15 is 0 Å². The van der Waals surface area contributed by atoms with Gasteiger partial charge < -0.3 is 20.9 Å². The lowest BCUT2D eigenvalue weighted by atomic mass is 10.2. The first-order valence-corrected chi connectivity index (χ1v) is 10.6. The molecule has 0 saturated carbocycles. The fourth-order valence-corrected chi connectivity index (χ4v) is 3.13. The molecule has 172 valence electrons. The van der Waals surface area contributed by atoms with Gasteiger partial charge in [-0.15, -0.1) is 0 Å². The summed E-state index contributed by atoms with van der Waals surface area (Å²) in [6.07, 6.45) is 4.58. The molecule has 0 aliphatic heterocycles. The van der Waals surface area contributed by atoms with Crippen LogP contribution >= 0.6 is 11.6 Å². The van der Waals surface area contributed by atoms with E-state index in [0.717, 1.165) is 13.0 Å². The number of nitrogens with one attached hydrogen (secondary N) is 3. The molecule has 0 unspecified atom stereocenters. The molecule has 0 saturated heterocycles. The highest BCUT2D eigenvalue weighted by atomic mass is 35.5. The first kappa shape index (κ1) is 24.1. The SMILES string of the molecule is CN(C)CCCNC(=O)C=CC(=O)Nc1ccc2ncnc(Nc3ccc(F)c(Cl)c3)c2c1. The van der Waals surface area contributed by atoms with Crippen molar-refractivity contribution in [3.8, 4) is 0 Å². The number of carbonyl (C=O) groups is 2. The van der Waals surface area contributed by atoms with E-state index in [2.05, 4.69) is 25.9 Å². The van der Waals surface area contributed by atoms with Gasteiger partial charge in [0.05, 0.1) is 10.5 Å². The highest BCUT2D eigenvalue weighted by Gasteiger charge is 2.08. The van der Waals surface area contributed by atoms with E-state index in [1.165, 1.54) is 36.7 Å². The second-order valence-electron chi connectivity index (χ2n) is 7.48. The first-order valence-electron chi connectivity index (χ1n) is 10.2. The van der Waals surface area contributed by atoms with Gasteiger partial charge in [-0.25, -0.2) is 14.4 Å². The number of hydrogen-bond donors (Lipinski definition) is 3. The van der Waals surface area contributed by atoms with Crippen molar-refractivity contribution in [2.45, 2.75) is 6.42 Å². The maximum absolute atomic E-state index is 13.4. The number of benzene rings is 2. The van der Waals surface area contributed by atoms with Crippen LogP contribution in [0.15, 0.2) is 54.9 Å². The zero-order chi connectivity index (χ0) is 23.8. The predicted octanol–water partition coefficient (Wildman–Crippen LogP) is 3.73. The normalized spacial score (nSPS) is 11.2. The van der Waals surface area contributed by atoms with Gasteiger partial charge >= 0.3 is 0 Å². The second-order valence-corrected chi connectivity index (χ2v) is 7.89. The van der Waals surface area contributed by atoms with Crippen LogP contribution in [0.25, 0.3) is 10.9 Å². The van der Waals surface area contributed by atoms with Crippen molar-refractivity contribution in [2.75, 3.05) is 37.8 Å². The van der Waals surface area contributed by atoms with E-state index in [-0.39, 0.29) is 10.9 Å². The molecule has 1 heterocycles. The summed E-state index contributed by atoms with van der Waals surface area (Å²) in [4.78, 5) is 34.6. The molecule has 3 rings (SSSR count). The Labute approximate surface area is 195 Å². The molecular weight excluding hydrogens is 447 g/mol. The predicted molar refractivity (Wildman–Crippen MR) is 128 cm³/mol. The van der Waals surface area contributed by atoms with Crippen molar-refractivity contribution in [1.82, 2.24) is 20.2 Å². The third kappa shape index (κ3) is 7.23. The minimum atomic E-state index is -0.518. The van der Waals surface area contributed by atoms with Gasteiger partial charge in [0.15, 0.2) is 0 Å². The van der Waals surface area contributed by atoms with Crippen LogP contribution in [-0.4, -0.2) is 53.9 Å². The van der Waals surface area contributed by atoms with E-state index in [1.807, 2.05) is 19.0 Å². The largest absolute Gasteiger partial charge is 0.353 e. The van der Waals surface area contributed by atoms with Gasteiger partial charge in [-0.2, -0.15) is 0 Å². The quantitative estimate of drug-likeness (QED) is 0.325. The summed E-state index contributed by atoms with van der Waals surface area (Å²) in [6.45, 7) is 1.39. The molecule has 0 spiro atoms. The van der Waals surface area contributed by atoms with Gasteiger partial charge in [0.25, 0.3) is 0 Å². The number of aromatic nitrogens is 2. The molecule has 3 N–H and O–H groups in total. The molecule has 0 aliphatic carbocycles. The molecule has 0 aliphatic rings. The minimum Gasteiger partial charge on any atom is -0.353 e. The molecule has 33 heavy (non-hydrogen) atoms. The summed E-state index contributed by atoms with van der Waals surface area (Å²) >= 11 is 5.85. The second kappa shape index (κ2) is 11.3. The van der Waals surface area contributed by atoms with Crippen LogP contribution in [0, 0.1) is 5.82 Å². The number of nitrogens with zero attached hydrogens (tertiary/aromatic N) is 3. The molecule has 2 amide bonds. The average Bonchev–Trinajstić information content (AvgIpc) is 2.78. The minimum absolute atomic E-state index is 0.0140. The summed E-state index contributed by atoms with van der Waals surface area (Å²) in [7, 11) is 3.92. The topological polar surface area (TPSA) is 99.3 Å². The lowest BCUT2D eigenvalue weighted by Gasteiger charge is -2.10. The number of halogens is 2. The fraction of sp³-hybridized carbons (Fsp3) is 0.217. The van der Waals surface area contributed by atoms with Crippen LogP contribution < -0.4 is 16.0 Å². The zero-order valence-corrected chi connectivity index (χ0v) is 19.0. The smallest absolute Gasteiger partial charge is 0.248 e. The summed E-state index contributed by atoms with van der Waals surface area (Å²) in [5.74, 6) is -0.837. The van der Waals surface area contributed by atoms with Crippen molar-refractivity contribution in [2.24, 2.45) is 0 Å². The average molecular weight is 471 g/mol. The Kier molecular flexibility index (Phi) is 8.28. The number of anilines is 3. The van der Waals surface area contributed by atoms with Crippen LogP contribution in [0.2, 0.25) is 5.02 Å². The van der Waals surface area contributed by atoms with Gasteiger partial charge in [0, 0.05) is 35.5 Å². The molecule has 8 nitrogen and oxygen atoms in total. The molecule has 0 bridgehead atoms. The maximum atomic E-state index is 13.4. The van der Waals surface area contributed by atoms with Crippen molar-refractivity contribution in [3.63, 3.8) is 0 Å². The Balaban J connectivity index is 1.66. The third-order valence-corrected chi connectivity index (χ3v) is 4.84. The fourth-order valence-electron chi connectivity index (χ4n) is 2.95. The highest BCUT2D eigenvalue weighted by molar-refractivity contribution is 6.31. The number of rotatable bonds is 9. The third-order valence-electron chi connectivity index (χ3n) is 4.55. The van der Waals surface area contributed by atoms with Gasteiger partial charge in [-0.3, -0.25) is 9.59 Å². The van der Waals surface area contributed by atoms with E-state index in [0.29, 0.717) is 34.6 Å².